The first-order valence-electron chi connectivity index (χ1n) is 11.2. The highest BCUT2D eigenvalue weighted by atomic mass is 35.5. The molecule has 1 unspecified atom stereocenters. The summed E-state index contributed by atoms with van der Waals surface area (Å²) in [6.45, 7) is 0. The van der Waals surface area contributed by atoms with Gasteiger partial charge in [0.2, 0.25) is 5.91 Å². The Balaban J connectivity index is 1.53. The molecule has 1 saturated heterocycles. The summed E-state index contributed by atoms with van der Waals surface area (Å²) in [5.41, 5.74) is 0.359. The van der Waals surface area contributed by atoms with Gasteiger partial charge in [0, 0.05) is 22.3 Å². The van der Waals surface area contributed by atoms with E-state index >= 15 is 0 Å². The maximum absolute atomic E-state index is 13.7. The minimum Gasteiger partial charge on any atom is -0.508 e. The number of phenols is 1. The molecule has 2 fully saturated rings. The van der Waals surface area contributed by atoms with Crippen molar-refractivity contribution in [2.24, 2.45) is 5.41 Å². The molecule has 2 N–H and O–H groups in total. The molecule has 1 saturated carbocycles. The van der Waals surface area contributed by atoms with Crippen LogP contribution < -0.4 is 9.64 Å². The van der Waals surface area contributed by atoms with Gasteiger partial charge in [-0.1, -0.05) is 23.7 Å². The zero-order chi connectivity index (χ0) is 24.1. The van der Waals surface area contributed by atoms with Crippen molar-refractivity contribution in [3.8, 4) is 11.5 Å². The van der Waals surface area contributed by atoms with Crippen molar-refractivity contribution in [1.29, 1.82) is 0 Å². The van der Waals surface area contributed by atoms with Gasteiger partial charge in [-0.05, 0) is 79.8 Å². The Morgan fingerprint density at radius 2 is 1.65 bits per heavy atom. The van der Waals surface area contributed by atoms with Crippen molar-refractivity contribution in [3.63, 3.8) is 0 Å². The number of β-lactam (4-membered cyclic amide) rings is 1. The molecule has 176 valence electrons. The third-order valence-corrected chi connectivity index (χ3v) is 7.65. The van der Waals surface area contributed by atoms with Crippen LogP contribution in [0, 0.1) is 11.2 Å². The van der Waals surface area contributed by atoms with Crippen molar-refractivity contribution in [3.05, 3.63) is 88.7 Å². The van der Waals surface area contributed by atoms with E-state index in [0.717, 1.165) is 11.1 Å². The Labute approximate surface area is 202 Å². The summed E-state index contributed by atoms with van der Waals surface area (Å²) < 4.78 is 19.1. The van der Waals surface area contributed by atoms with Crippen molar-refractivity contribution in [2.75, 3.05) is 12.0 Å². The third-order valence-electron chi connectivity index (χ3n) is 7.39. The van der Waals surface area contributed by atoms with E-state index in [1.807, 2.05) is 12.1 Å². The molecule has 3 aromatic rings. The fourth-order valence-corrected chi connectivity index (χ4v) is 5.66. The molecule has 1 atom stereocenters. The van der Waals surface area contributed by atoms with E-state index in [2.05, 4.69) is 0 Å². The average molecular weight is 482 g/mol. The Morgan fingerprint density at radius 1 is 1.00 bits per heavy atom. The second-order valence-corrected chi connectivity index (χ2v) is 9.61. The number of aliphatic hydroxyl groups is 1. The summed E-state index contributed by atoms with van der Waals surface area (Å²) in [6.07, 6.45) is 1.76. The molecular formula is C27H25ClFNO4. The van der Waals surface area contributed by atoms with Gasteiger partial charge < -0.3 is 19.8 Å². The van der Waals surface area contributed by atoms with Gasteiger partial charge in [0.15, 0.2) is 0 Å². The van der Waals surface area contributed by atoms with E-state index < -0.39 is 11.0 Å². The Hall–Kier alpha value is -3.09. The third kappa shape index (κ3) is 3.53. The van der Waals surface area contributed by atoms with Gasteiger partial charge in [0.25, 0.3) is 0 Å². The molecule has 0 bridgehead atoms. The number of carbonyl (C=O) groups excluding carboxylic acids is 1. The Morgan fingerprint density at radius 3 is 2.26 bits per heavy atom. The fourth-order valence-electron chi connectivity index (χ4n) is 5.53. The number of amides is 1. The standard InChI is InChI=1S/C27H25ClFNO4/c1-34-23-16-21(31)10-11-22(23)24-26(25(32)30(24)20-8-6-19(29)7-9-20)12-14-27(33,15-13-26)17-2-4-18(28)5-3-17/h2-11,16,24,31,33H,12-15H2,1H3. The molecular weight excluding hydrogens is 457 g/mol. The summed E-state index contributed by atoms with van der Waals surface area (Å²) >= 11 is 6.02. The van der Waals surface area contributed by atoms with Crippen LogP contribution in [0.2, 0.25) is 5.02 Å². The van der Waals surface area contributed by atoms with Gasteiger partial charge in [-0.2, -0.15) is 0 Å². The number of nitrogens with zero attached hydrogens (tertiary/aromatic N) is 1. The smallest absolute Gasteiger partial charge is 0.236 e. The molecule has 34 heavy (non-hydrogen) atoms. The molecule has 1 aliphatic heterocycles. The number of hydrogen-bond donors (Lipinski definition) is 2. The van der Waals surface area contributed by atoms with Crippen molar-refractivity contribution < 1.29 is 24.1 Å². The summed E-state index contributed by atoms with van der Waals surface area (Å²) in [5, 5.41) is 22.0. The number of carbonyl (C=O) groups is 1. The van der Waals surface area contributed by atoms with Crippen LogP contribution >= 0.6 is 11.6 Å². The lowest BCUT2D eigenvalue weighted by molar-refractivity contribution is -0.149. The van der Waals surface area contributed by atoms with Gasteiger partial charge >= 0.3 is 0 Å². The predicted molar refractivity (Wildman–Crippen MR) is 128 cm³/mol. The molecule has 1 aliphatic carbocycles. The van der Waals surface area contributed by atoms with Gasteiger partial charge in [-0.15, -0.1) is 0 Å². The van der Waals surface area contributed by atoms with Crippen LogP contribution in [-0.4, -0.2) is 23.2 Å². The Kier molecular flexibility index (Phi) is 5.53. The number of methoxy groups -OCH3 is 1. The maximum atomic E-state index is 13.7. The number of rotatable bonds is 4. The Bertz CT molecular complexity index is 1220. The molecule has 0 radical (unpaired) electrons. The fraction of sp³-hybridized carbons (Fsp3) is 0.296. The number of ether oxygens (including phenoxy) is 1. The van der Waals surface area contributed by atoms with Crippen molar-refractivity contribution >= 4 is 23.2 Å². The van der Waals surface area contributed by atoms with Crippen LogP contribution in [0.1, 0.15) is 42.9 Å². The lowest BCUT2D eigenvalue weighted by Gasteiger charge is -2.59. The largest absolute Gasteiger partial charge is 0.508 e. The SMILES string of the molecule is COc1cc(O)ccc1C1N(c2ccc(F)cc2)C(=O)C12CCC(O)(c1ccc(Cl)cc1)CC2. The lowest BCUT2D eigenvalue weighted by atomic mass is 9.56. The van der Waals surface area contributed by atoms with Crippen LogP contribution in [-0.2, 0) is 10.4 Å². The maximum Gasteiger partial charge on any atom is 0.236 e. The summed E-state index contributed by atoms with van der Waals surface area (Å²) in [5.74, 6) is 0.102. The number of benzene rings is 3. The van der Waals surface area contributed by atoms with Crippen molar-refractivity contribution in [2.45, 2.75) is 37.3 Å². The monoisotopic (exact) mass is 481 g/mol. The minimum absolute atomic E-state index is 0.0580. The number of anilines is 1. The first kappa shape index (κ1) is 22.7. The van der Waals surface area contributed by atoms with E-state index in [4.69, 9.17) is 16.3 Å². The van der Waals surface area contributed by atoms with Crippen LogP contribution in [0.4, 0.5) is 10.1 Å². The normalized spacial score (nSPS) is 26.4. The first-order valence-corrected chi connectivity index (χ1v) is 11.6. The van der Waals surface area contributed by atoms with Crippen LogP contribution in [0.25, 0.3) is 0 Å². The van der Waals surface area contributed by atoms with Gasteiger partial charge in [0.1, 0.15) is 17.3 Å². The number of aromatic hydroxyl groups is 1. The van der Waals surface area contributed by atoms with Crippen LogP contribution in [0.15, 0.2) is 66.7 Å². The quantitative estimate of drug-likeness (QED) is 0.467. The lowest BCUT2D eigenvalue weighted by Crippen LogP contribution is -2.65. The highest BCUT2D eigenvalue weighted by Crippen LogP contribution is 2.62. The van der Waals surface area contributed by atoms with Gasteiger partial charge in [0.05, 0.1) is 24.2 Å². The zero-order valence-corrected chi connectivity index (χ0v) is 19.4. The zero-order valence-electron chi connectivity index (χ0n) is 18.7. The van der Waals surface area contributed by atoms with E-state index in [9.17, 15) is 19.4 Å². The van der Waals surface area contributed by atoms with E-state index in [0.29, 0.717) is 42.1 Å². The van der Waals surface area contributed by atoms with Crippen LogP contribution in [0.5, 0.6) is 11.5 Å². The molecule has 1 heterocycles. The van der Waals surface area contributed by atoms with E-state index in [1.54, 1.807) is 41.3 Å². The average Bonchev–Trinajstić information content (AvgIpc) is 2.84. The molecule has 3 aromatic carbocycles. The summed E-state index contributed by atoms with van der Waals surface area (Å²) in [6, 6.07) is 17.5. The number of phenolic OH excluding ortho intramolecular Hbond substituents is 1. The molecule has 1 spiro atoms. The number of halogens is 2. The second-order valence-electron chi connectivity index (χ2n) is 9.17. The van der Waals surface area contributed by atoms with Gasteiger partial charge in [-0.3, -0.25) is 4.79 Å². The molecule has 1 amide bonds. The highest BCUT2D eigenvalue weighted by molar-refractivity contribution is 6.30. The summed E-state index contributed by atoms with van der Waals surface area (Å²) in [7, 11) is 1.52. The molecule has 5 nitrogen and oxygen atoms in total. The molecule has 0 aromatic heterocycles. The van der Waals surface area contributed by atoms with Crippen LogP contribution in [0.3, 0.4) is 0 Å². The first-order chi connectivity index (χ1) is 16.3. The minimum atomic E-state index is -1.05. The van der Waals surface area contributed by atoms with E-state index in [-0.39, 0.29) is 23.5 Å². The molecule has 2 aliphatic rings. The molecule has 7 heteroatoms. The van der Waals surface area contributed by atoms with E-state index in [1.165, 1.54) is 25.3 Å². The topological polar surface area (TPSA) is 70.0 Å². The summed E-state index contributed by atoms with van der Waals surface area (Å²) in [4.78, 5) is 15.4. The highest BCUT2D eigenvalue weighted by Gasteiger charge is 2.64. The second kappa shape index (κ2) is 8.29. The van der Waals surface area contributed by atoms with Crippen molar-refractivity contribution in [1.82, 2.24) is 0 Å². The molecule has 5 rings (SSSR count). The van der Waals surface area contributed by atoms with Gasteiger partial charge in [-0.25, -0.2) is 4.39 Å². The number of hydrogen-bond acceptors (Lipinski definition) is 4. The predicted octanol–water partition coefficient (Wildman–Crippen LogP) is 5.73.